The van der Waals surface area contributed by atoms with Gasteiger partial charge in [-0.3, -0.25) is 9.59 Å². The molecule has 5 heteroatoms. The van der Waals surface area contributed by atoms with Crippen molar-refractivity contribution in [1.82, 2.24) is 10.6 Å². The van der Waals surface area contributed by atoms with Gasteiger partial charge in [-0.05, 0) is 0 Å². The molecule has 0 aromatic heterocycles. The van der Waals surface area contributed by atoms with Crippen LogP contribution in [0.1, 0.15) is 27.2 Å². The second kappa shape index (κ2) is 8.08. The highest BCUT2D eigenvalue weighted by molar-refractivity contribution is 5.77. The van der Waals surface area contributed by atoms with Gasteiger partial charge < -0.3 is 15.1 Å². The van der Waals surface area contributed by atoms with E-state index in [0.29, 0.717) is 19.5 Å². The maximum Gasteiger partial charge on any atom is 0.222 e. The molecular weight excluding hydrogens is 230 g/mol. The van der Waals surface area contributed by atoms with Gasteiger partial charge >= 0.3 is 0 Å². The summed E-state index contributed by atoms with van der Waals surface area (Å²) in [6.07, 6.45) is 0.526. The molecular formula is C13H28N3O2+. The Morgan fingerprint density at radius 3 is 2.00 bits per heavy atom. The van der Waals surface area contributed by atoms with Crippen molar-refractivity contribution >= 4 is 11.8 Å². The largest absolute Gasteiger partial charge is 0.350 e. The minimum Gasteiger partial charge on any atom is -0.350 e. The normalized spacial score (nSPS) is 11.4. The van der Waals surface area contributed by atoms with Gasteiger partial charge in [0.15, 0.2) is 0 Å². The Morgan fingerprint density at radius 1 is 1.06 bits per heavy atom. The Morgan fingerprint density at radius 2 is 1.56 bits per heavy atom. The van der Waals surface area contributed by atoms with Crippen LogP contribution in [0.3, 0.4) is 0 Å². The maximum atomic E-state index is 11.4. The first-order chi connectivity index (χ1) is 8.28. The van der Waals surface area contributed by atoms with E-state index in [4.69, 9.17) is 0 Å². The fourth-order valence-corrected chi connectivity index (χ4v) is 1.42. The van der Waals surface area contributed by atoms with E-state index < -0.39 is 0 Å². The second-order valence-electron chi connectivity index (χ2n) is 5.53. The van der Waals surface area contributed by atoms with E-state index in [1.165, 1.54) is 0 Å². The molecule has 0 atom stereocenters. The molecule has 0 spiro atoms. The molecule has 0 bridgehead atoms. The summed E-state index contributed by atoms with van der Waals surface area (Å²) in [5.74, 6) is 0.210. The van der Waals surface area contributed by atoms with E-state index in [1.54, 1.807) is 0 Å². The molecule has 0 aliphatic rings. The van der Waals surface area contributed by atoms with Crippen LogP contribution in [0.5, 0.6) is 0 Å². The number of quaternary nitrogens is 1. The van der Waals surface area contributed by atoms with Crippen LogP contribution >= 0.6 is 0 Å². The van der Waals surface area contributed by atoms with Gasteiger partial charge in [0.25, 0.3) is 0 Å². The van der Waals surface area contributed by atoms with E-state index in [1.807, 2.05) is 20.8 Å². The molecule has 2 N–H and O–H groups in total. The highest BCUT2D eigenvalue weighted by Gasteiger charge is 2.15. The Balaban J connectivity index is 3.79. The van der Waals surface area contributed by atoms with Crippen molar-refractivity contribution in [2.75, 3.05) is 40.3 Å². The Kier molecular flexibility index (Phi) is 7.59. The van der Waals surface area contributed by atoms with Crippen molar-refractivity contribution in [3.63, 3.8) is 0 Å². The molecule has 0 heterocycles. The molecule has 5 nitrogen and oxygen atoms in total. The highest BCUT2D eigenvalue weighted by Crippen LogP contribution is 1.95. The van der Waals surface area contributed by atoms with Crippen molar-refractivity contribution in [3.8, 4) is 0 Å². The zero-order chi connectivity index (χ0) is 14.2. The highest BCUT2D eigenvalue weighted by atomic mass is 16.2. The van der Waals surface area contributed by atoms with Gasteiger partial charge in [-0.25, -0.2) is 0 Å². The summed E-state index contributed by atoms with van der Waals surface area (Å²) in [5.41, 5.74) is 0. The van der Waals surface area contributed by atoms with Crippen LogP contribution in [-0.2, 0) is 9.59 Å². The van der Waals surface area contributed by atoms with Gasteiger partial charge in [-0.15, -0.1) is 0 Å². The monoisotopic (exact) mass is 258 g/mol. The van der Waals surface area contributed by atoms with Crippen LogP contribution in [-0.4, -0.2) is 56.6 Å². The van der Waals surface area contributed by atoms with E-state index in [0.717, 1.165) is 17.6 Å². The summed E-state index contributed by atoms with van der Waals surface area (Å²) in [6.45, 7) is 8.69. The fraction of sp³-hybridized carbons (Fsp3) is 0.846. The predicted molar refractivity (Wildman–Crippen MR) is 73.0 cm³/mol. The first kappa shape index (κ1) is 16.9. The van der Waals surface area contributed by atoms with Crippen LogP contribution in [0, 0.1) is 5.92 Å². The quantitative estimate of drug-likeness (QED) is 0.618. The Bertz CT molecular complexity index is 275. The Hall–Kier alpha value is -1.10. The lowest BCUT2D eigenvalue weighted by Gasteiger charge is -2.30. The summed E-state index contributed by atoms with van der Waals surface area (Å²) >= 11 is 0. The smallest absolute Gasteiger partial charge is 0.222 e. The number of rotatable bonds is 8. The average Bonchev–Trinajstić information content (AvgIpc) is 2.27. The molecule has 0 saturated heterocycles. The second-order valence-corrected chi connectivity index (χ2v) is 5.53. The van der Waals surface area contributed by atoms with Crippen molar-refractivity contribution in [2.45, 2.75) is 27.2 Å². The number of likely N-dealkylation sites (N-methyl/N-ethyl adjacent to an activating group) is 1. The van der Waals surface area contributed by atoms with Crippen LogP contribution in [0.15, 0.2) is 0 Å². The van der Waals surface area contributed by atoms with Gasteiger partial charge in [-0.1, -0.05) is 20.8 Å². The number of nitrogens with one attached hydrogen (secondary N) is 2. The van der Waals surface area contributed by atoms with Crippen molar-refractivity contribution in [3.05, 3.63) is 0 Å². The molecule has 106 valence electrons. The number of hydrogen-bond donors (Lipinski definition) is 2. The van der Waals surface area contributed by atoms with Gasteiger partial charge in [0.2, 0.25) is 11.8 Å². The van der Waals surface area contributed by atoms with Gasteiger partial charge in [0.1, 0.15) is 0 Å². The lowest BCUT2D eigenvalue weighted by atomic mass is 10.2. The van der Waals surface area contributed by atoms with E-state index >= 15 is 0 Å². The molecule has 0 saturated carbocycles. The number of nitrogens with zero attached hydrogens (tertiary/aromatic N) is 1. The molecule has 0 fully saturated rings. The topological polar surface area (TPSA) is 58.2 Å². The first-order valence-electron chi connectivity index (χ1n) is 6.65. The zero-order valence-electron chi connectivity index (χ0n) is 12.4. The van der Waals surface area contributed by atoms with Crippen LogP contribution in [0.4, 0.5) is 0 Å². The minimum absolute atomic E-state index is 0.0319. The molecule has 0 aliphatic heterocycles. The number of hydrogen-bond acceptors (Lipinski definition) is 2. The van der Waals surface area contributed by atoms with E-state index in [9.17, 15) is 9.59 Å². The third-order valence-corrected chi connectivity index (χ3v) is 2.90. The minimum atomic E-state index is 0.0319. The van der Waals surface area contributed by atoms with Crippen LogP contribution < -0.4 is 10.6 Å². The standard InChI is InChI=1S/C13H27N3O2/c1-6-12(17)14-7-9-16(4,5)10-8-15-13(18)11(2)3/h11H,6-10H2,1-5H3,(H-,14,15,17,18)/p+1. The Labute approximate surface area is 111 Å². The number of carbonyl (C=O) groups excluding carboxylic acids is 2. The predicted octanol–water partition coefficient (Wildman–Crippen LogP) is 0.361. The van der Waals surface area contributed by atoms with Crippen LogP contribution in [0.25, 0.3) is 0 Å². The molecule has 0 rings (SSSR count). The maximum absolute atomic E-state index is 11.4. The van der Waals surface area contributed by atoms with Gasteiger partial charge in [-0.2, -0.15) is 0 Å². The molecule has 18 heavy (non-hydrogen) atoms. The molecule has 2 amide bonds. The summed E-state index contributed by atoms with van der Waals surface area (Å²) in [6, 6.07) is 0. The molecule has 0 unspecified atom stereocenters. The number of amides is 2. The lowest BCUT2D eigenvalue weighted by molar-refractivity contribution is -0.887. The zero-order valence-corrected chi connectivity index (χ0v) is 12.4. The first-order valence-corrected chi connectivity index (χ1v) is 6.65. The lowest BCUT2D eigenvalue weighted by Crippen LogP contribution is -2.49. The van der Waals surface area contributed by atoms with Gasteiger partial charge in [0, 0.05) is 12.3 Å². The number of carbonyl (C=O) groups is 2. The third kappa shape index (κ3) is 8.06. The summed E-state index contributed by atoms with van der Waals surface area (Å²) in [4.78, 5) is 22.5. The molecule has 0 radical (unpaired) electrons. The molecule has 0 aromatic carbocycles. The van der Waals surface area contributed by atoms with Crippen molar-refractivity contribution < 1.29 is 14.1 Å². The molecule has 0 aliphatic carbocycles. The average molecular weight is 258 g/mol. The fourth-order valence-electron chi connectivity index (χ4n) is 1.42. The molecule has 0 aromatic rings. The van der Waals surface area contributed by atoms with E-state index in [-0.39, 0.29) is 17.7 Å². The summed E-state index contributed by atoms with van der Waals surface area (Å²) in [5, 5.41) is 5.77. The summed E-state index contributed by atoms with van der Waals surface area (Å²) in [7, 11) is 4.19. The van der Waals surface area contributed by atoms with E-state index in [2.05, 4.69) is 24.7 Å². The van der Waals surface area contributed by atoms with Crippen molar-refractivity contribution in [1.29, 1.82) is 0 Å². The third-order valence-electron chi connectivity index (χ3n) is 2.90. The van der Waals surface area contributed by atoms with Crippen LogP contribution in [0.2, 0.25) is 0 Å². The van der Waals surface area contributed by atoms with Crippen molar-refractivity contribution in [2.24, 2.45) is 5.92 Å². The summed E-state index contributed by atoms with van der Waals surface area (Å²) < 4.78 is 0.780. The SMILES string of the molecule is CCC(=O)NCC[N+](C)(C)CCNC(=O)C(C)C. The van der Waals surface area contributed by atoms with Gasteiger partial charge in [0.05, 0.1) is 40.3 Å².